The van der Waals surface area contributed by atoms with Crippen LogP contribution in [-0.2, 0) is 0 Å². The molecule has 1 fully saturated rings. The van der Waals surface area contributed by atoms with Crippen LogP contribution < -0.4 is 0 Å². The summed E-state index contributed by atoms with van der Waals surface area (Å²) in [5, 5.41) is 0. The maximum atomic E-state index is 11.9. The van der Waals surface area contributed by atoms with Crippen LogP contribution in [0.4, 0.5) is 8.78 Å². The fourth-order valence-corrected chi connectivity index (χ4v) is 0.745. The molecule has 1 aliphatic rings. The molecule has 0 N–H and O–H groups in total. The Kier molecular flexibility index (Phi) is 1.32. The number of allylic oxidation sites excluding steroid dienone is 1. The molecule has 0 aromatic carbocycles. The van der Waals surface area contributed by atoms with E-state index in [-0.39, 0.29) is 5.92 Å². The molecule has 0 aromatic heterocycles. The van der Waals surface area contributed by atoms with Gasteiger partial charge in [0, 0.05) is 5.92 Å². The number of hydrogen-bond donors (Lipinski definition) is 0. The van der Waals surface area contributed by atoms with Crippen molar-refractivity contribution in [1.82, 2.24) is 0 Å². The summed E-state index contributed by atoms with van der Waals surface area (Å²) in [7, 11) is 0. The van der Waals surface area contributed by atoms with Crippen molar-refractivity contribution in [3.05, 3.63) is 12.7 Å². The van der Waals surface area contributed by atoms with Crippen molar-refractivity contribution in [3.63, 3.8) is 0 Å². The molecule has 1 aliphatic carbocycles. The van der Waals surface area contributed by atoms with E-state index >= 15 is 0 Å². The van der Waals surface area contributed by atoms with Crippen molar-refractivity contribution in [3.8, 4) is 0 Å². The van der Waals surface area contributed by atoms with Crippen molar-refractivity contribution in [1.29, 1.82) is 0 Å². The first-order valence-electron chi connectivity index (χ1n) is 2.66. The lowest BCUT2D eigenvalue weighted by Crippen LogP contribution is -1.74. The molecule has 2 atom stereocenters. The van der Waals surface area contributed by atoms with Crippen LogP contribution in [0.2, 0.25) is 0 Å². The molecule has 0 aromatic rings. The van der Waals surface area contributed by atoms with E-state index in [0.717, 1.165) is 0 Å². The average Bonchev–Trinajstić information content (AvgIpc) is 2.25. The third-order valence-electron chi connectivity index (χ3n) is 1.42. The van der Waals surface area contributed by atoms with Crippen LogP contribution in [0.1, 0.15) is 6.42 Å². The van der Waals surface area contributed by atoms with Crippen LogP contribution >= 0.6 is 0 Å². The summed E-state index contributed by atoms with van der Waals surface area (Å²) < 4.78 is 23.9. The van der Waals surface area contributed by atoms with Gasteiger partial charge >= 0.3 is 0 Å². The molecule has 0 aliphatic heterocycles. The second-order valence-corrected chi connectivity index (χ2v) is 2.08. The van der Waals surface area contributed by atoms with Crippen molar-refractivity contribution >= 4 is 0 Å². The molecule has 1 rings (SSSR count). The molecule has 0 heterocycles. The number of alkyl halides is 2. The number of hydrogen-bond acceptors (Lipinski definition) is 0. The molecule has 0 amide bonds. The van der Waals surface area contributed by atoms with Gasteiger partial charge < -0.3 is 0 Å². The van der Waals surface area contributed by atoms with Gasteiger partial charge in [0.2, 0.25) is 0 Å². The van der Waals surface area contributed by atoms with Crippen LogP contribution in [0.3, 0.4) is 0 Å². The summed E-state index contributed by atoms with van der Waals surface area (Å²) in [4.78, 5) is 0. The summed E-state index contributed by atoms with van der Waals surface area (Å²) >= 11 is 0. The first kappa shape index (κ1) is 5.73. The zero-order chi connectivity index (χ0) is 6.15. The minimum atomic E-state index is -1.20. The predicted molar refractivity (Wildman–Crippen MR) is 28.1 cm³/mol. The lowest BCUT2D eigenvalue weighted by Gasteiger charge is -1.79. The number of rotatable bonds is 2. The molecule has 2 unspecified atom stereocenters. The van der Waals surface area contributed by atoms with Crippen molar-refractivity contribution in [2.75, 3.05) is 0 Å². The van der Waals surface area contributed by atoms with Gasteiger partial charge in [-0.15, -0.1) is 6.58 Å². The second-order valence-electron chi connectivity index (χ2n) is 2.08. The lowest BCUT2D eigenvalue weighted by molar-refractivity contribution is 0.372. The number of halogens is 2. The predicted octanol–water partition coefficient (Wildman–Crippen LogP) is 1.87. The van der Waals surface area contributed by atoms with Gasteiger partial charge in [-0.3, -0.25) is 0 Å². The average molecular weight is 118 g/mol. The summed E-state index contributed by atoms with van der Waals surface area (Å²) in [6.07, 6.45) is -0.375. The molecule has 0 bridgehead atoms. The van der Waals surface area contributed by atoms with E-state index in [0.29, 0.717) is 6.42 Å². The third-order valence-corrected chi connectivity index (χ3v) is 1.42. The first-order chi connectivity index (χ1) is 3.77. The lowest BCUT2D eigenvalue weighted by atomic mass is 10.3. The van der Waals surface area contributed by atoms with E-state index in [1.54, 1.807) is 6.08 Å². The smallest absolute Gasteiger partial charge is 0.138 e. The van der Waals surface area contributed by atoms with Crippen molar-refractivity contribution < 1.29 is 8.78 Å². The van der Waals surface area contributed by atoms with Crippen molar-refractivity contribution in [2.24, 2.45) is 5.92 Å². The standard InChI is InChI=1S/C6H8F2/c1-2-3-4-5(7)6(4)8/h2,4-6H,1,3H2. The highest BCUT2D eigenvalue weighted by Gasteiger charge is 2.50. The van der Waals surface area contributed by atoms with Crippen LogP contribution in [0, 0.1) is 5.92 Å². The zero-order valence-electron chi connectivity index (χ0n) is 4.48. The minimum absolute atomic E-state index is 0.368. The Morgan fingerprint density at radius 3 is 2.00 bits per heavy atom. The summed E-state index contributed by atoms with van der Waals surface area (Å²) in [5.41, 5.74) is 0. The van der Waals surface area contributed by atoms with Gasteiger partial charge in [0.05, 0.1) is 0 Å². The fraction of sp³-hybridized carbons (Fsp3) is 0.667. The Morgan fingerprint density at radius 2 is 1.88 bits per heavy atom. The Bertz CT molecular complexity index is 92.7. The zero-order valence-corrected chi connectivity index (χ0v) is 4.48. The topological polar surface area (TPSA) is 0 Å². The summed E-state index contributed by atoms with van der Waals surface area (Å²) in [6, 6.07) is 0. The van der Waals surface area contributed by atoms with Gasteiger partial charge in [-0.25, -0.2) is 8.78 Å². The van der Waals surface area contributed by atoms with Gasteiger partial charge in [-0.05, 0) is 6.42 Å². The van der Waals surface area contributed by atoms with Crippen LogP contribution in [0.5, 0.6) is 0 Å². The van der Waals surface area contributed by atoms with E-state index in [1.165, 1.54) is 0 Å². The maximum absolute atomic E-state index is 11.9. The van der Waals surface area contributed by atoms with E-state index < -0.39 is 12.3 Å². The Hall–Kier alpha value is -0.400. The van der Waals surface area contributed by atoms with E-state index in [2.05, 4.69) is 6.58 Å². The van der Waals surface area contributed by atoms with E-state index in [4.69, 9.17) is 0 Å². The molecule has 2 heteroatoms. The van der Waals surface area contributed by atoms with Gasteiger partial charge in [0.1, 0.15) is 12.3 Å². The Labute approximate surface area is 47.2 Å². The minimum Gasteiger partial charge on any atom is -0.244 e. The second kappa shape index (κ2) is 1.84. The quantitative estimate of drug-likeness (QED) is 0.485. The van der Waals surface area contributed by atoms with Crippen molar-refractivity contribution in [2.45, 2.75) is 18.8 Å². The Balaban J connectivity index is 2.22. The molecule has 0 spiro atoms. The largest absolute Gasteiger partial charge is 0.244 e. The van der Waals surface area contributed by atoms with Crippen LogP contribution in [-0.4, -0.2) is 12.3 Å². The third kappa shape index (κ3) is 0.746. The molecule has 46 valence electrons. The highest BCUT2D eigenvalue weighted by atomic mass is 19.2. The molecule has 8 heavy (non-hydrogen) atoms. The SMILES string of the molecule is C=CCC1C(F)C1F. The van der Waals surface area contributed by atoms with E-state index in [1.807, 2.05) is 0 Å². The summed E-state index contributed by atoms with van der Waals surface area (Å²) in [6.45, 7) is 3.38. The van der Waals surface area contributed by atoms with Gasteiger partial charge in [-0.1, -0.05) is 6.08 Å². The molecule has 0 radical (unpaired) electrons. The van der Waals surface area contributed by atoms with Crippen LogP contribution in [0.15, 0.2) is 12.7 Å². The highest BCUT2D eigenvalue weighted by Crippen LogP contribution is 2.40. The Morgan fingerprint density at radius 1 is 1.38 bits per heavy atom. The first-order valence-corrected chi connectivity index (χ1v) is 2.66. The van der Waals surface area contributed by atoms with Gasteiger partial charge in [0.15, 0.2) is 0 Å². The molecule has 0 nitrogen and oxygen atoms in total. The van der Waals surface area contributed by atoms with Crippen LogP contribution in [0.25, 0.3) is 0 Å². The fourth-order valence-electron chi connectivity index (χ4n) is 0.745. The normalized spacial score (nSPS) is 44.0. The molecule has 0 saturated heterocycles. The summed E-state index contributed by atoms with van der Waals surface area (Å²) in [5.74, 6) is -0.368. The maximum Gasteiger partial charge on any atom is 0.138 e. The molecular formula is C6H8F2. The van der Waals surface area contributed by atoms with Gasteiger partial charge in [0.25, 0.3) is 0 Å². The highest BCUT2D eigenvalue weighted by molar-refractivity contribution is 5.01. The van der Waals surface area contributed by atoms with E-state index in [9.17, 15) is 8.78 Å². The molecular weight excluding hydrogens is 110 g/mol. The monoisotopic (exact) mass is 118 g/mol. The van der Waals surface area contributed by atoms with Gasteiger partial charge in [-0.2, -0.15) is 0 Å². The molecule has 1 saturated carbocycles.